The number of thiophene rings is 1. The summed E-state index contributed by atoms with van der Waals surface area (Å²) in [4.78, 5) is 35.4. The van der Waals surface area contributed by atoms with Crippen LogP contribution in [0.3, 0.4) is 0 Å². The predicted molar refractivity (Wildman–Crippen MR) is 102 cm³/mol. The van der Waals surface area contributed by atoms with E-state index >= 15 is 0 Å². The van der Waals surface area contributed by atoms with Crippen LogP contribution >= 0.6 is 11.3 Å². The number of amides is 1. The van der Waals surface area contributed by atoms with Crippen LogP contribution in [0.15, 0.2) is 41.7 Å². The highest BCUT2D eigenvalue weighted by molar-refractivity contribution is 7.18. The topological polar surface area (TPSA) is 81.8 Å². The number of imidazole rings is 1. The third-order valence-corrected chi connectivity index (χ3v) is 5.55. The molecule has 3 aromatic heterocycles. The van der Waals surface area contributed by atoms with E-state index in [0.717, 1.165) is 26.3 Å². The van der Waals surface area contributed by atoms with Crippen LogP contribution in [-0.2, 0) is 11.3 Å². The summed E-state index contributed by atoms with van der Waals surface area (Å²) in [5, 5.41) is 0.649. The van der Waals surface area contributed by atoms with E-state index in [1.165, 1.54) is 22.2 Å². The Labute approximate surface area is 152 Å². The standard InChI is InChI=1S/C18H17N5O2S/c1-11-12(2)26-17-16(11)18(25)22(9-20-17)8-7-15(24)21-23-10-19-13-5-3-4-6-14(13)23/h3-6,9-10H,7-8H2,1-2H3,(H,21,24). The monoisotopic (exact) mass is 367 g/mol. The zero-order chi connectivity index (χ0) is 18.3. The van der Waals surface area contributed by atoms with Gasteiger partial charge < -0.3 is 0 Å². The third-order valence-electron chi connectivity index (χ3n) is 4.43. The molecule has 4 rings (SSSR count). The summed E-state index contributed by atoms with van der Waals surface area (Å²) in [5.41, 5.74) is 5.29. The Morgan fingerprint density at radius 1 is 1.19 bits per heavy atom. The van der Waals surface area contributed by atoms with Gasteiger partial charge in [-0.25, -0.2) is 14.6 Å². The molecule has 7 nitrogen and oxygen atoms in total. The number of carbonyl (C=O) groups is 1. The number of rotatable bonds is 4. The highest BCUT2D eigenvalue weighted by atomic mass is 32.1. The largest absolute Gasteiger partial charge is 0.298 e. The van der Waals surface area contributed by atoms with Gasteiger partial charge in [-0.2, -0.15) is 0 Å². The molecule has 0 spiro atoms. The van der Waals surface area contributed by atoms with E-state index < -0.39 is 0 Å². The van der Waals surface area contributed by atoms with Crippen LogP contribution in [0.1, 0.15) is 16.9 Å². The van der Waals surface area contributed by atoms with Gasteiger partial charge in [-0.1, -0.05) is 12.1 Å². The number of nitrogens with one attached hydrogen (secondary N) is 1. The average Bonchev–Trinajstić information content (AvgIpc) is 3.16. The van der Waals surface area contributed by atoms with Gasteiger partial charge in [0.05, 0.1) is 22.7 Å². The van der Waals surface area contributed by atoms with E-state index in [1.807, 2.05) is 38.1 Å². The maximum Gasteiger partial charge on any atom is 0.262 e. The second-order valence-electron chi connectivity index (χ2n) is 6.09. The number of aromatic nitrogens is 4. The zero-order valence-electron chi connectivity index (χ0n) is 14.4. The van der Waals surface area contributed by atoms with Gasteiger partial charge in [-0.05, 0) is 31.5 Å². The van der Waals surface area contributed by atoms with E-state index in [0.29, 0.717) is 5.39 Å². The minimum absolute atomic E-state index is 0.0993. The maximum atomic E-state index is 12.6. The molecule has 0 saturated carbocycles. The first kappa shape index (κ1) is 16.5. The fraction of sp³-hybridized carbons (Fsp3) is 0.222. The van der Waals surface area contributed by atoms with Gasteiger partial charge in [-0.15, -0.1) is 11.3 Å². The molecule has 0 unspecified atom stereocenters. The molecule has 0 fully saturated rings. The number of fused-ring (bicyclic) bond motifs is 2. The van der Waals surface area contributed by atoms with Crippen LogP contribution < -0.4 is 11.0 Å². The molecule has 0 aliphatic rings. The number of carbonyl (C=O) groups excluding carboxylic acids is 1. The van der Waals surface area contributed by atoms with Gasteiger partial charge in [0.15, 0.2) is 0 Å². The lowest BCUT2D eigenvalue weighted by atomic mass is 10.2. The van der Waals surface area contributed by atoms with Crippen molar-refractivity contribution >= 4 is 38.5 Å². The van der Waals surface area contributed by atoms with Gasteiger partial charge in [-0.3, -0.25) is 19.6 Å². The van der Waals surface area contributed by atoms with Crippen molar-refractivity contribution in [3.8, 4) is 0 Å². The second kappa shape index (κ2) is 6.38. The van der Waals surface area contributed by atoms with E-state index in [9.17, 15) is 9.59 Å². The molecule has 0 saturated heterocycles. The Kier molecular flexibility index (Phi) is 4.04. The van der Waals surface area contributed by atoms with Gasteiger partial charge in [0.1, 0.15) is 11.2 Å². The summed E-state index contributed by atoms with van der Waals surface area (Å²) in [6.45, 7) is 4.18. The second-order valence-corrected chi connectivity index (χ2v) is 7.30. The van der Waals surface area contributed by atoms with Crippen LogP contribution in [0.5, 0.6) is 0 Å². The van der Waals surface area contributed by atoms with E-state index in [4.69, 9.17) is 0 Å². The molecule has 0 bridgehead atoms. The number of aryl methyl sites for hydroxylation is 3. The van der Waals surface area contributed by atoms with Gasteiger partial charge in [0.2, 0.25) is 5.91 Å². The summed E-state index contributed by atoms with van der Waals surface area (Å²) in [5.74, 6) is -0.196. The zero-order valence-corrected chi connectivity index (χ0v) is 15.2. The molecule has 0 atom stereocenters. The molecule has 4 aromatic rings. The summed E-state index contributed by atoms with van der Waals surface area (Å²) < 4.78 is 3.08. The molecular formula is C18H17N5O2S. The molecule has 26 heavy (non-hydrogen) atoms. The Morgan fingerprint density at radius 3 is 2.85 bits per heavy atom. The molecule has 0 radical (unpaired) electrons. The number of benzene rings is 1. The Balaban J connectivity index is 1.51. The number of hydrogen-bond acceptors (Lipinski definition) is 5. The normalized spacial score (nSPS) is 11.3. The van der Waals surface area contributed by atoms with E-state index in [2.05, 4.69) is 15.4 Å². The summed E-state index contributed by atoms with van der Waals surface area (Å²) in [7, 11) is 0. The van der Waals surface area contributed by atoms with Crippen molar-refractivity contribution in [1.82, 2.24) is 19.2 Å². The molecule has 8 heteroatoms. The highest BCUT2D eigenvalue weighted by Crippen LogP contribution is 2.25. The third kappa shape index (κ3) is 2.78. The van der Waals surface area contributed by atoms with Crippen LogP contribution in [0, 0.1) is 13.8 Å². The highest BCUT2D eigenvalue weighted by Gasteiger charge is 2.13. The summed E-state index contributed by atoms with van der Waals surface area (Å²) in [6, 6.07) is 7.54. The number of nitrogens with zero attached hydrogens (tertiary/aromatic N) is 4. The van der Waals surface area contributed by atoms with E-state index in [-0.39, 0.29) is 24.4 Å². The Bertz CT molecular complexity index is 1190. The van der Waals surface area contributed by atoms with Crippen LogP contribution in [-0.4, -0.2) is 25.1 Å². The molecule has 1 N–H and O–H groups in total. The summed E-state index contributed by atoms with van der Waals surface area (Å²) >= 11 is 1.52. The quantitative estimate of drug-likeness (QED) is 0.601. The molecule has 1 aromatic carbocycles. The fourth-order valence-corrected chi connectivity index (χ4v) is 3.88. The minimum atomic E-state index is -0.196. The minimum Gasteiger partial charge on any atom is -0.298 e. The molecule has 0 aliphatic heterocycles. The molecule has 132 valence electrons. The number of hydrogen-bond donors (Lipinski definition) is 1. The van der Waals surface area contributed by atoms with Crippen molar-refractivity contribution in [2.75, 3.05) is 5.43 Å². The fourth-order valence-electron chi connectivity index (χ4n) is 2.89. The van der Waals surface area contributed by atoms with Crippen LogP contribution in [0.25, 0.3) is 21.3 Å². The first-order valence-corrected chi connectivity index (χ1v) is 9.03. The summed E-state index contributed by atoms with van der Waals surface area (Å²) in [6.07, 6.45) is 3.25. The van der Waals surface area contributed by atoms with Crippen molar-refractivity contribution in [1.29, 1.82) is 0 Å². The first-order valence-electron chi connectivity index (χ1n) is 8.21. The van der Waals surface area contributed by atoms with Crippen molar-refractivity contribution in [3.05, 3.63) is 57.7 Å². The molecule has 1 amide bonds. The van der Waals surface area contributed by atoms with Crippen molar-refractivity contribution < 1.29 is 4.79 Å². The van der Waals surface area contributed by atoms with Crippen molar-refractivity contribution in [2.45, 2.75) is 26.8 Å². The van der Waals surface area contributed by atoms with Gasteiger partial charge in [0.25, 0.3) is 5.56 Å². The molecule has 0 aliphatic carbocycles. The lowest BCUT2D eigenvalue weighted by Crippen LogP contribution is -2.26. The maximum absolute atomic E-state index is 12.6. The molecule has 3 heterocycles. The van der Waals surface area contributed by atoms with Gasteiger partial charge >= 0.3 is 0 Å². The Hall–Kier alpha value is -3.00. The Morgan fingerprint density at radius 2 is 2.00 bits per heavy atom. The SMILES string of the molecule is Cc1sc2ncn(CCC(=O)Nn3cnc4ccccc43)c(=O)c2c1C. The molecular weight excluding hydrogens is 350 g/mol. The van der Waals surface area contributed by atoms with Gasteiger partial charge in [0, 0.05) is 17.8 Å². The van der Waals surface area contributed by atoms with Crippen LogP contribution in [0.2, 0.25) is 0 Å². The first-order chi connectivity index (χ1) is 12.5. The smallest absolute Gasteiger partial charge is 0.262 e. The lowest BCUT2D eigenvalue weighted by molar-refractivity contribution is -0.117. The predicted octanol–water partition coefficient (Wildman–Crippen LogP) is 2.58. The lowest BCUT2D eigenvalue weighted by Gasteiger charge is -2.08. The van der Waals surface area contributed by atoms with E-state index in [1.54, 1.807) is 11.0 Å². The van der Waals surface area contributed by atoms with Crippen molar-refractivity contribution in [2.24, 2.45) is 0 Å². The van der Waals surface area contributed by atoms with Crippen LogP contribution in [0.4, 0.5) is 0 Å². The van der Waals surface area contributed by atoms with Crippen molar-refractivity contribution in [3.63, 3.8) is 0 Å². The average molecular weight is 367 g/mol. The number of para-hydroxylation sites is 2.